The van der Waals surface area contributed by atoms with E-state index >= 15 is 0 Å². The first-order chi connectivity index (χ1) is 10.8. The molecule has 0 spiro atoms. The van der Waals surface area contributed by atoms with E-state index < -0.39 is 27.6 Å². The fourth-order valence-corrected chi connectivity index (χ4v) is 3.54. The summed E-state index contributed by atoms with van der Waals surface area (Å²) in [5.41, 5.74) is 1.01. The highest BCUT2D eigenvalue weighted by molar-refractivity contribution is 7.91. The van der Waals surface area contributed by atoms with Crippen LogP contribution >= 0.6 is 0 Å². The molecule has 0 bridgehead atoms. The predicted molar refractivity (Wildman–Crippen MR) is 84.4 cm³/mol. The highest BCUT2D eigenvalue weighted by Gasteiger charge is 2.20. The molecule has 0 radical (unpaired) electrons. The number of hydrogen-bond acceptors (Lipinski definition) is 4. The number of hydrogen-bond donors (Lipinski definition) is 1. The van der Waals surface area contributed by atoms with E-state index in [2.05, 4.69) is 10.3 Å². The van der Waals surface area contributed by atoms with Crippen LogP contribution in [0.3, 0.4) is 0 Å². The maximum atomic E-state index is 13.1. The fraction of sp³-hybridized carbons (Fsp3) is 0.250. The van der Waals surface area contributed by atoms with Gasteiger partial charge in [0, 0.05) is 12.2 Å². The predicted octanol–water partition coefficient (Wildman–Crippen LogP) is 2.12. The first-order valence-electron chi connectivity index (χ1n) is 6.99. The molecule has 2 aromatic rings. The van der Waals surface area contributed by atoms with Crippen LogP contribution in [0.5, 0.6) is 0 Å². The van der Waals surface area contributed by atoms with Crippen LogP contribution in [0.2, 0.25) is 0 Å². The molecule has 5 nitrogen and oxygen atoms in total. The van der Waals surface area contributed by atoms with Crippen molar-refractivity contribution in [3.63, 3.8) is 0 Å². The third-order valence-corrected chi connectivity index (χ3v) is 5.12. The van der Waals surface area contributed by atoms with Gasteiger partial charge in [-0.25, -0.2) is 12.8 Å². The number of sulfone groups is 1. The van der Waals surface area contributed by atoms with E-state index in [0.29, 0.717) is 0 Å². The molecule has 23 heavy (non-hydrogen) atoms. The molecule has 1 amide bonds. The first-order valence-corrected chi connectivity index (χ1v) is 8.64. The minimum Gasteiger partial charge on any atom is -0.348 e. The van der Waals surface area contributed by atoms with Crippen molar-refractivity contribution in [2.75, 3.05) is 5.75 Å². The van der Waals surface area contributed by atoms with Crippen molar-refractivity contribution in [3.05, 3.63) is 59.7 Å². The van der Waals surface area contributed by atoms with E-state index in [1.54, 1.807) is 19.1 Å². The van der Waals surface area contributed by atoms with Gasteiger partial charge in [0.05, 0.1) is 22.4 Å². The number of aromatic nitrogens is 1. The maximum Gasteiger partial charge on any atom is 0.253 e. The van der Waals surface area contributed by atoms with Gasteiger partial charge in [-0.05, 0) is 32.0 Å². The Morgan fingerprint density at radius 1 is 1.26 bits per heavy atom. The SMILES string of the molecule is Cc1ccc(S(=O)(=O)CC(C)NC(=O)c2cncc(F)c2)cc1. The molecule has 0 aliphatic carbocycles. The van der Waals surface area contributed by atoms with Crippen molar-refractivity contribution in [2.45, 2.75) is 24.8 Å². The van der Waals surface area contributed by atoms with Crippen LogP contribution in [0, 0.1) is 12.7 Å². The second-order valence-electron chi connectivity index (χ2n) is 5.36. The van der Waals surface area contributed by atoms with E-state index in [4.69, 9.17) is 0 Å². The summed E-state index contributed by atoms with van der Waals surface area (Å²) in [6, 6.07) is 6.93. The highest BCUT2D eigenvalue weighted by Crippen LogP contribution is 2.13. The van der Waals surface area contributed by atoms with Crippen LogP contribution in [0.15, 0.2) is 47.6 Å². The summed E-state index contributed by atoms with van der Waals surface area (Å²) in [5.74, 6) is -1.44. The molecule has 0 aliphatic heterocycles. The topological polar surface area (TPSA) is 76.1 Å². The summed E-state index contributed by atoms with van der Waals surface area (Å²) in [5, 5.41) is 2.54. The minimum absolute atomic E-state index is 0.0459. The summed E-state index contributed by atoms with van der Waals surface area (Å²) in [7, 11) is -3.52. The summed E-state index contributed by atoms with van der Waals surface area (Å²) in [6.07, 6.45) is 2.21. The third-order valence-electron chi connectivity index (χ3n) is 3.19. The maximum absolute atomic E-state index is 13.1. The zero-order valence-corrected chi connectivity index (χ0v) is 13.6. The molecule has 7 heteroatoms. The summed E-state index contributed by atoms with van der Waals surface area (Å²) in [6.45, 7) is 3.45. The van der Waals surface area contributed by atoms with Gasteiger partial charge in [-0.1, -0.05) is 17.7 Å². The van der Waals surface area contributed by atoms with E-state index in [-0.39, 0.29) is 16.2 Å². The van der Waals surface area contributed by atoms with E-state index in [9.17, 15) is 17.6 Å². The van der Waals surface area contributed by atoms with Gasteiger partial charge in [0.1, 0.15) is 5.82 Å². The number of pyridine rings is 1. The van der Waals surface area contributed by atoms with Crippen molar-refractivity contribution in [2.24, 2.45) is 0 Å². The van der Waals surface area contributed by atoms with Gasteiger partial charge in [-0.3, -0.25) is 9.78 Å². The molecule has 0 saturated heterocycles. The highest BCUT2D eigenvalue weighted by atomic mass is 32.2. The molecule has 2 rings (SSSR count). The van der Waals surface area contributed by atoms with Crippen molar-refractivity contribution >= 4 is 15.7 Å². The van der Waals surface area contributed by atoms with E-state index in [1.807, 2.05) is 6.92 Å². The zero-order chi connectivity index (χ0) is 17.0. The molecule has 0 saturated carbocycles. The van der Waals surface area contributed by atoms with Crippen molar-refractivity contribution in [1.29, 1.82) is 0 Å². The first kappa shape index (κ1) is 17.1. The summed E-state index contributed by atoms with van der Waals surface area (Å²) in [4.78, 5) is 15.8. The van der Waals surface area contributed by atoms with Crippen LogP contribution in [-0.2, 0) is 9.84 Å². The Morgan fingerprint density at radius 2 is 1.91 bits per heavy atom. The van der Waals surface area contributed by atoms with Gasteiger partial charge >= 0.3 is 0 Å². The molecule has 0 fully saturated rings. The average Bonchev–Trinajstić information content (AvgIpc) is 2.47. The van der Waals surface area contributed by atoms with Crippen LogP contribution in [0.1, 0.15) is 22.8 Å². The molecule has 1 N–H and O–H groups in total. The Morgan fingerprint density at radius 3 is 2.52 bits per heavy atom. The lowest BCUT2D eigenvalue weighted by atomic mass is 10.2. The van der Waals surface area contributed by atoms with Crippen LogP contribution in [0.25, 0.3) is 0 Å². The number of benzene rings is 1. The lowest BCUT2D eigenvalue weighted by Gasteiger charge is -2.14. The standard InChI is InChI=1S/C16H17FN2O3S/c1-11-3-5-15(6-4-11)23(21,22)10-12(2)19-16(20)13-7-14(17)9-18-8-13/h3-9,12H,10H2,1-2H3,(H,19,20). The summed E-state index contributed by atoms with van der Waals surface area (Å²) >= 11 is 0. The van der Waals surface area contributed by atoms with Gasteiger partial charge in [-0.2, -0.15) is 0 Å². The van der Waals surface area contributed by atoms with Gasteiger partial charge in [0.2, 0.25) is 0 Å². The molecule has 0 aliphatic rings. The van der Waals surface area contributed by atoms with Crippen LogP contribution in [0.4, 0.5) is 4.39 Å². The Labute approximate surface area is 134 Å². The number of carbonyl (C=O) groups is 1. The van der Waals surface area contributed by atoms with Gasteiger partial charge in [-0.15, -0.1) is 0 Å². The van der Waals surface area contributed by atoms with Crippen molar-refractivity contribution < 1.29 is 17.6 Å². The smallest absolute Gasteiger partial charge is 0.253 e. The Kier molecular flexibility index (Phi) is 5.10. The molecule has 1 heterocycles. The Balaban J connectivity index is 2.05. The molecule has 1 aromatic carbocycles. The van der Waals surface area contributed by atoms with Crippen LogP contribution < -0.4 is 5.32 Å². The molecule has 1 atom stereocenters. The van der Waals surface area contributed by atoms with Gasteiger partial charge < -0.3 is 5.32 Å². The van der Waals surface area contributed by atoms with Crippen molar-refractivity contribution in [3.8, 4) is 0 Å². The normalized spacial score (nSPS) is 12.7. The second-order valence-corrected chi connectivity index (χ2v) is 7.40. The van der Waals surface area contributed by atoms with E-state index in [0.717, 1.165) is 17.8 Å². The molecular weight excluding hydrogens is 319 g/mol. The Bertz CT molecular complexity index is 804. The fourth-order valence-electron chi connectivity index (χ4n) is 2.06. The lowest BCUT2D eigenvalue weighted by Crippen LogP contribution is -2.37. The monoisotopic (exact) mass is 336 g/mol. The summed E-state index contributed by atoms with van der Waals surface area (Å²) < 4.78 is 37.7. The van der Waals surface area contributed by atoms with Crippen molar-refractivity contribution in [1.82, 2.24) is 10.3 Å². The Hall–Kier alpha value is -2.28. The molecule has 122 valence electrons. The number of rotatable bonds is 5. The number of nitrogens with one attached hydrogen (secondary N) is 1. The molecular formula is C16H17FN2O3S. The number of nitrogens with zero attached hydrogens (tertiary/aromatic N) is 1. The molecule has 1 unspecified atom stereocenters. The number of aryl methyl sites for hydroxylation is 1. The van der Waals surface area contributed by atoms with Gasteiger partial charge in [0.25, 0.3) is 5.91 Å². The minimum atomic E-state index is -3.52. The third kappa shape index (κ3) is 4.59. The quantitative estimate of drug-likeness (QED) is 0.907. The van der Waals surface area contributed by atoms with Crippen LogP contribution in [-0.4, -0.2) is 31.1 Å². The van der Waals surface area contributed by atoms with Gasteiger partial charge in [0.15, 0.2) is 9.84 Å². The number of amides is 1. The average molecular weight is 336 g/mol. The molecule has 1 aromatic heterocycles. The van der Waals surface area contributed by atoms with E-state index in [1.165, 1.54) is 18.3 Å². The largest absolute Gasteiger partial charge is 0.348 e. The lowest BCUT2D eigenvalue weighted by molar-refractivity contribution is 0.0942. The number of carbonyl (C=O) groups excluding carboxylic acids is 1. The zero-order valence-electron chi connectivity index (χ0n) is 12.8. The number of halogens is 1. The second kappa shape index (κ2) is 6.87.